The maximum Gasteiger partial charge on any atom is 0.246 e. The first kappa shape index (κ1) is 35.2. The lowest BCUT2D eigenvalue weighted by Crippen LogP contribution is -2.47. The van der Waals surface area contributed by atoms with Crippen LogP contribution in [0.15, 0.2) is 76.5 Å². The van der Waals surface area contributed by atoms with Crippen molar-refractivity contribution in [2.75, 3.05) is 46.5 Å². The maximum absolute atomic E-state index is 14.0. The van der Waals surface area contributed by atoms with Crippen LogP contribution in [0.1, 0.15) is 31.7 Å². The zero-order chi connectivity index (χ0) is 33.7. The summed E-state index contributed by atoms with van der Waals surface area (Å²) in [5.41, 5.74) is 7.96. The number of hydrogen-bond acceptors (Lipinski definition) is 10. The molecular formula is C33H44N4O8S2. The van der Waals surface area contributed by atoms with E-state index in [0.29, 0.717) is 63.6 Å². The topological polar surface area (TPSA) is 170 Å². The largest absolute Gasteiger partial charge is 0.492 e. The van der Waals surface area contributed by atoms with Crippen LogP contribution in [0.2, 0.25) is 0 Å². The van der Waals surface area contributed by atoms with E-state index in [-0.39, 0.29) is 29.0 Å². The van der Waals surface area contributed by atoms with Gasteiger partial charge in [-0.1, -0.05) is 36.4 Å². The lowest BCUT2D eigenvalue weighted by molar-refractivity contribution is -0.0312. The molecule has 1 spiro atoms. The number of aliphatic hydroxyl groups excluding tert-OH is 1. The van der Waals surface area contributed by atoms with Gasteiger partial charge in [-0.2, -0.15) is 4.31 Å². The first-order valence-electron chi connectivity index (χ1n) is 15.8. The van der Waals surface area contributed by atoms with E-state index in [1.165, 1.54) is 23.5 Å². The predicted octanol–water partition coefficient (Wildman–Crippen LogP) is 2.46. The number of nitrogens with two attached hydrogens (primary N) is 1. The second-order valence-corrected chi connectivity index (χ2v) is 15.6. The van der Waals surface area contributed by atoms with Crippen molar-refractivity contribution >= 4 is 20.0 Å². The Bertz CT molecular complexity index is 1730. The number of hydrogen-bond donors (Lipinski definition) is 4. The highest BCUT2D eigenvalue weighted by Crippen LogP contribution is 2.39. The lowest BCUT2D eigenvalue weighted by Gasteiger charge is -2.38. The SMILES string of the molecule is CCOc1ccc(-c2ccc(CN)cc2)cc1S(=O)(=O)N1CCC2(CC1)C[C@@H](NC[C@H](O)COc1cccc(S(=O)(=O)NC)c1)CO2. The van der Waals surface area contributed by atoms with Gasteiger partial charge >= 0.3 is 0 Å². The predicted molar refractivity (Wildman–Crippen MR) is 178 cm³/mol. The minimum absolute atomic E-state index is 0.0104. The summed E-state index contributed by atoms with van der Waals surface area (Å²) in [5, 5.41) is 13.8. The van der Waals surface area contributed by atoms with Crippen LogP contribution < -0.4 is 25.2 Å². The average Bonchev–Trinajstić information content (AvgIpc) is 3.48. The second kappa shape index (κ2) is 15.0. The van der Waals surface area contributed by atoms with Gasteiger partial charge in [-0.3, -0.25) is 0 Å². The fraction of sp³-hybridized carbons (Fsp3) is 0.455. The van der Waals surface area contributed by atoms with Crippen LogP contribution in [0.3, 0.4) is 0 Å². The summed E-state index contributed by atoms with van der Waals surface area (Å²) in [6.45, 7) is 3.91. The van der Waals surface area contributed by atoms with E-state index in [4.69, 9.17) is 19.9 Å². The average molecular weight is 689 g/mol. The smallest absolute Gasteiger partial charge is 0.246 e. The molecule has 0 bridgehead atoms. The van der Waals surface area contributed by atoms with Crippen molar-refractivity contribution in [1.82, 2.24) is 14.3 Å². The third kappa shape index (κ3) is 8.32. The Hall–Kier alpha value is -3.08. The molecule has 2 saturated heterocycles. The summed E-state index contributed by atoms with van der Waals surface area (Å²) < 4.78 is 73.4. The molecule has 2 aliphatic heterocycles. The molecule has 0 saturated carbocycles. The molecule has 47 heavy (non-hydrogen) atoms. The van der Waals surface area contributed by atoms with Crippen LogP contribution in [0.5, 0.6) is 11.5 Å². The molecule has 3 aromatic carbocycles. The van der Waals surface area contributed by atoms with E-state index in [1.807, 2.05) is 37.3 Å². The Morgan fingerprint density at radius 2 is 1.74 bits per heavy atom. The normalized spacial score (nSPS) is 19.1. The minimum atomic E-state index is -3.85. The van der Waals surface area contributed by atoms with Crippen LogP contribution in [0, 0.1) is 0 Å². The third-order valence-corrected chi connectivity index (χ3v) is 12.0. The molecule has 2 atom stereocenters. The van der Waals surface area contributed by atoms with Crippen molar-refractivity contribution < 1.29 is 36.2 Å². The van der Waals surface area contributed by atoms with Crippen LogP contribution in [-0.2, 0) is 31.3 Å². The molecule has 2 fully saturated rings. The number of nitrogens with zero attached hydrogens (tertiary/aromatic N) is 1. The summed E-state index contributed by atoms with van der Waals surface area (Å²) in [4.78, 5) is 0.226. The molecule has 12 nitrogen and oxygen atoms in total. The molecule has 0 aromatic heterocycles. The van der Waals surface area contributed by atoms with Crippen LogP contribution in [0.4, 0.5) is 0 Å². The maximum atomic E-state index is 14.0. The van der Waals surface area contributed by atoms with Gasteiger partial charge in [0, 0.05) is 38.3 Å². The summed E-state index contributed by atoms with van der Waals surface area (Å²) in [6.07, 6.45) is 0.951. The Labute approximate surface area is 277 Å². The molecular weight excluding hydrogens is 645 g/mol. The van der Waals surface area contributed by atoms with E-state index in [0.717, 1.165) is 16.7 Å². The highest BCUT2D eigenvalue weighted by Gasteiger charge is 2.45. The molecule has 5 N–H and O–H groups in total. The number of nitrogens with one attached hydrogen (secondary N) is 2. The van der Waals surface area contributed by atoms with E-state index in [9.17, 15) is 21.9 Å². The van der Waals surface area contributed by atoms with Crippen molar-refractivity contribution in [2.24, 2.45) is 5.73 Å². The fourth-order valence-electron chi connectivity index (χ4n) is 6.00. The highest BCUT2D eigenvalue weighted by atomic mass is 32.2. The molecule has 2 heterocycles. The number of piperidine rings is 1. The molecule has 5 rings (SSSR count). The van der Waals surface area contributed by atoms with Gasteiger partial charge in [0.2, 0.25) is 20.0 Å². The summed E-state index contributed by atoms with van der Waals surface area (Å²) in [6, 6.07) is 19.1. The number of aliphatic hydroxyl groups is 1. The van der Waals surface area contributed by atoms with E-state index in [1.54, 1.807) is 24.3 Å². The molecule has 0 amide bonds. The summed E-state index contributed by atoms with van der Waals surface area (Å²) in [5.74, 6) is 0.668. The monoisotopic (exact) mass is 688 g/mol. The quantitative estimate of drug-likeness (QED) is 0.197. The van der Waals surface area contributed by atoms with Gasteiger partial charge in [0.25, 0.3) is 0 Å². The molecule has 0 aliphatic carbocycles. The van der Waals surface area contributed by atoms with E-state index >= 15 is 0 Å². The number of sulfonamides is 2. The summed E-state index contributed by atoms with van der Waals surface area (Å²) in [7, 11) is -6.11. The van der Waals surface area contributed by atoms with Crippen molar-refractivity contribution in [3.63, 3.8) is 0 Å². The molecule has 2 aliphatic rings. The Morgan fingerprint density at radius 1 is 1.02 bits per heavy atom. The third-order valence-electron chi connectivity index (χ3n) is 8.70. The van der Waals surface area contributed by atoms with Gasteiger partial charge in [0.05, 0.1) is 23.7 Å². The number of rotatable bonds is 14. The second-order valence-electron chi connectivity index (χ2n) is 11.9. The van der Waals surface area contributed by atoms with Gasteiger partial charge in [-0.05, 0) is 74.2 Å². The molecule has 0 unspecified atom stereocenters. The van der Waals surface area contributed by atoms with Crippen molar-refractivity contribution in [2.45, 2.75) is 60.3 Å². The highest BCUT2D eigenvalue weighted by molar-refractivity contribution is 7.89. The van der Waals surface area contributed by atoms with Gasteiger partial charge in [0.15, 0.2) is 0 Å². The Kier molecular flexibility index (Phi) is 11.2. The molecule has 256 valence electrons. The molecule has 0 radical (unpaired) electrons. The van der Waals surface area contributed by atoms with Gasteiger partial charge in [-0.15, -0.1) is 0 Å². The Morgan fingerprint density at radius 3 is 2.43 bits per heavy atom. The standard InChI is InChI=1S/C33H44N4O8S2/c1-3-43-31-12-11-26(25-9-7-24(20-34)8-10-25)17-32(31)47(41,42)37-15-13-33(14-16-37)19-27(22-45-33)36-21-28(38)23-44-29-5-4-6-30(18-29)46(39,40)35-2/h4-12,17-18,27-28,35-36,38H,3,13-16,19-23,34H2,1-2H3/t27-,28+/m1/s1. The number of benzene rings is 3. The zero-order valence-electron chi connectivity index (χ0n) is 26.7. The first-order chi connectivity index (χ1) is 22.5. The van der Waals surface area contributed by atoms with Crippen molar-refractivity contribution in [3.05, 3.63) is 72.3 Å². The fourth-order valence-corrected chi connectivity index (χ4v) is 8.36. The zero-order valence-corrected chi connectivity index (χ0v) is 28.4. The Balaban J connectivity index is 1.15. The van der Waals surface area contributed by atoms with Crippen LogP contribution in [0.25, 0.3) is 11.1 Å². The molecule has 14 heteroatoms. The lowest BCUT2D eigenvalue weighted by atomic mass is 9.88. The van der Waals surface area contributed by atoms with E-state index in [2.05, 4.69) is 10.0 Å². The van der Waals surface area contributed by atoms with Crippen molar-refractivity contribution in [1.29, 1.82) is 0 Å². The van der Waals surface area contributed by atoms with E-state index < -0.39 is 31.8 Å². The number of ether oxygens (including phenoxy) is 3. The van der Waals surface area contributed by atoms with Gasteiger partial charge < -0.3 is 30.4 Å². The van der Waals surface area contributed by atoms with Gasteiger partial charge in [-0.25, -0.2) is 21.6 Å². The minimum Gasteiger partial charge on any atom is -0.492 e. The first-order valence-corrected chi connectivity index (χ1v) is 18.7. The molecule has 3 aromatic rings. The van der Waals surface area contributed by atoms with Crippen LogP contribution in [-0.4, -0.2) is 90.5 Å². The van der Waals surface area contributed by atoms with Crippen molar-refractivity contribution in [3.8, 4) is 22.6 Å². The summed E-state index contributed by atoms with van der Waals surface area (Å²) >= 11 is 0. The van der Waals surface area contributed by atoms with Crippen LogP contribution >= 0.6 is 0 Å². The van der Waals surface area contributed by atoms with Gasteiger partial charge in [0.1, 0.15) is 29.1 Å².